The highest BCUT2D eigenvalue weighted by Gasteiger charge is 2.42. The van der Waals surface area contributed by atoms with Crippen molar-refractivity contribution in [3.05, 3.63) is 72.6 Å². The van der Waals surface area contributed by atoms with Crippen LogP contribution in [0, 0.1) is 11.8 Å². The number of aromatic amines is 2. The number of hydrogen-bond donors (Lipinski definition) is 3. The first-order chi connectivity index (χ1) is 29.8. The highest BCUT2D eigenvalue weighted by molar-refractivity contribution is 5.87. The first-order valence-corrected chi connectivity index (χ1v) is 22.7. The fourth-order valence-corrected chi connectivity index (χ4v) is 8.55. The number of imidazole rings is 2. The standard InChI is InChI=1S/C49H68N8O6/c1-12-30(3)40(54-46(60)62-48(5,6)7)44(58)56-26-14-16-38(56)42-50-28-36(52-42)34-22-18-32(19-23-34)33-20-24-35(25-21-33)37-29-51-43(53-37)39-17-15-27-57(39)45(59)41(31(4)13-2)55(11)47(61)63-49(8,9)10/h18-25,28-31,38-41H,12-17,26-27H2,1-11H3,(H,50,52)(H,51,53)(H,54,60)/t30-,31-,38?,39-,40-,41-/m0/s1. The second-order valence-electron chi connectivity index (χ2n) is 19.3. The molecule has 0 saturated carbocycles. The van der Waals surface area contributed by atoms with Gasteiger partial charge in [-0.3, -0.25) is 14.5 Å². The molecule has 2 aliphatic rings. The Hall–Kier alpha value is -5.66. The van der Waals surface area contributed by atoms with E-state index in [-0.39, 0.29) is 35.7 Å². The number of likely N-dealkylation sites (N-methyl/N-ethyl adjacent to an activating group) is 1. The number of aromatic nitrogens is 4. The summed E-state index contributed by atoms with van der Waals surface area (Å²) in [4.78, 5) is 75.6. The number of likely N-dealkylation sites (tertiary alicyclic amines) is 2. The van der Waals surface area contributed by atoms with E-state index in [1.165, 1.54) is 4.90 Å². The number of H-pyrrole nitrogens is 2. The number of benzene rings is 2. The molecule has 0 bridgehead atoms. The molecule has 1 unspecified atom stereocenters. The molecule has 2 aliphatic heterocycles. The van der Waals surface area contributed by atoms with Crippen molar-refractivity contribution in [1.82, 2.24) is 40.0 Å². The van der Waals surface area contributed by atoms with Crippen LogP contribution in [-0.4, -0.2) is 102 Å². The normalized spacial score (nSPS) is 18.7. The summed E-state index contributed by atoms with van der Waals surface area (Å²) in [6, 6.07) is 14.8. The van der Waals surface area contributed by atoms with E-state index in [0.29, 0.717) is 13.1 Å². The summed E-state index contributed by atoms with van der Waals surface area (Å²) in [6.45, 7) is 20.1. The molecular weight excluding hydrogens is 797 g/mol. The van der Waals surface area contributed by atoms with Crippen molar-refractivity contribution in [2.75, 3.05) is 20.1 Å². The lowest BCUT2D eigenvalue weighted by molar-refractivity contribution is -0.139. The van der Waals surface area contributed by atoms with Gasteiger partial charge >= 0.3 is 12.2 Å². The average Bonchev–Trinajstić information content (AvgIpc) is 4.08. The van der Waals surface area contributed by atoms with Crippen molar-refractivity contribution < 1.29 is 28.7 Å². The second kappa shape index (κ2) is 19.4. The number of rotatable bonds is 13. The summed E-state index contributed by atoms with van der Waals surface area (Å²) in [5, 5.41) is 2.86. The third kappa shape index (κ3) is 11.1. The van der Waals surface area contributed by atoms with Crippen molar-refractivity contribution in [3.63, 3.8) is 0 Å². The molecule has 0 radical (unpaired) electrons. The van der Waals surface area contributed by atoms with E-state index in [2.05, 4.69) is 63.8 Å². The zero-order valence-corrected chi connectivity index (χ0v) is 39.1. The largest absolute Gasteiger partial charge is 0.444 e. The van der Waals surface area contributed by atoms with Gasteiger partial charge in [0.05, 0.1) is 35.9 Å². The van der Waals surface area contributed by atoms with Crippen LogP contribution in [0.4, 0.5) is 9.59 Å². The van der Waals surface area contributed by atoms with Crippen LogP contribution in [0.3, 0.4) is 0 Å². The van der Waals surface area contributed by atoms with Gasteiger partial charge in [0.1, 0.15) is 34.9 Å². The van der Waals surface area contributed by atoms with Crippen molar-refractivity contribution in [2.45, 2.75) is 143 Å². The number of nitrogens with one attached hydrogen (secondary N) is 3. The maximum Gasteiger partial charge on any atom is 0.410 e. The minimum Gasteiger partial charge on any atom is -0.444 e. The van der Waals surface area contributed by atoms with Crippen LogP contribution < -0.4 is 5.32 Å². The molecule has 4 aromatic rings. The van der Waals surface area contributed by atoms with Gasteiger partial charge in [0.2, 0.25) is 11.8 Å². The molecule has 4 amide bonds. The number of alkyl carbamates (subject to hydrolysis) is 1. The molecule has 2 aromatic heterocycles. The van der Waals surface area contributed by atoms with Gasteiger partial charge in [-0.15, -0.1) is 0 Å². The van der Waals surface area contributed by atoms with Crippen LogP contribution in [0.1, 0.15) is 131 Å². The van der Waals surface area contributed by atoms with E-state index in [9.17, 15) is 19.2 Å². The number of carbonyl (C=O) groups excluding carboxylic acids is 4. The SMILES string of the molecule is CC[C@H](C)[C@H](NC(=O)OC(C)(C)C)C(=O)N1CCCC1c1ncc(-c2ccc(-c3ccc(-c4cnc([C@@H]5CCCN5C(=O)[C@H]([C@@H](C)CC)N(C)C(=O)OC(C)(C)C)[nH]4)cc3)cc2)[nH]1. The third-order valence-electron chi connectivity index (χ3n) is 12.3. The van der Waals surface area contributed by atoms with Crippen LogP contribution in [-0.2, 0) is 19.1 Å². The van der Waals surface area contributed by atoms with Crippen molar-refractivity contribution >= 4 is 24.0 Å². The zero-order chi connectivity index (χ0) is 45.8. The molecule has 2 aromatic carbocycles. The van der Waals surface area contributed by atoms with Crippen molar-refractivity contribution in [3.8, 4) is 33.6 Å². The molecule has 0 aliphatic carbocycles. The number of nitrogens with zero attached hydrogens (tertiary/aromatic N) is 5. The van der Waals surface area contributed by atoms with E-state index in [0.717, 1.165) is 83.8 Å². The van der Waals surface area contributed by atoms with Gasteiger partial charge in [-0.25, -0.2) is 19.6 Å². The Labute approximate surface area is 372 Å². The Bertz CT molecular complexity index is 2200. The molecular formula is C49H68N8O6. The van der Waals surface area contributed by atoms with Crippen LogP contribution in [0.2, 0.25) is 0 Å². The third-order valence-corrected chi connectivity index (χ3v) is 12.3. The molecule has 14 heteroatoms. The quantitative estimate of drug-likeness (QED) is 0.120. The minimum atomic E-state index is -0.701. The Morgan fingerprint density at radius 3 is 1.56 bits per heavy atom. The Morgan fingerprint density at radius 2 is 1.13 bits per heavy atom. The molecule has 0 spiro atoms. The highest BCUT2D eigenvalue weighted by atomic mass is 16.6. The Morgan fingerprint density at radius 1 is 0.698 bits per heavy atom. The molecule has 4 heterocycles. The summed E-state index contributed by atoms with van der Waals surface area (Å²) in [6.07, 6.45) is 7.25. The molecule has 340 valence electrons. The lowest BCUT2D eigenvalue weighted by Gasteiger charge is -2.36. The molecule has 2 fully saturated rings. The van der Waals surface area contributed by atoms with Gasteiger partial charge in [0.15, 0.2) is 0 Å². The number of carbonyl (C=O) groups is 4. The van der Waals surface area contributed by atoms with Gasteiger partial charge in [-0.2, -0.15) is 0 Å². The van der Waals surface area contributed by atoms with Crippen LogP contribution in [0.15, 0.2) is 60.9 Å². The topological polar surface area (TPSA) is 166 Å². The maximum absolute atomic E-state index is 14.2. The number of amides is 4. The molecule has 3 N–H and O–H groups in total. The van der Waals surface area contributed by atoms with Gasteiger partial charge in [0, 0.05) is 20.1 Å². The minimum absolute atomic E-state index is 0.0610. The van der Waals surface area contributed by atoms with Gasteiger partial charge in [-0.1, -0.05) is 89.1 Å². The highest BCUT2D eigenvalue weighted by Crippen LogP contribution is 2.36. The predicted molar refractivity (Wildman–Crippen MR) is 244 cm³/mol. The van der Waals surface area contributed by atoms with E-state index >= 15 is 0 Å². The van der Waals surface area contributed by atoms with Gasteiger partial charge < -0.3 is 34.6 Å². The monoisotopic (exact) mass is 865 g/mol. The fraction of sp³-hybridized carbons (Fsp3) is 0.551. The Balaban J connectivity index is 1.11. The first-order valence-electron chi connectivity index (χ1n) is 22.7. The summed E-state index contributed by atoms with van der Waals surface area (Å²) >= 11 is 0. The average molecular weight is 865 g/mol. The predicted octanol–water partition coefficient (Wildman–Crippen LogP) is 9.68. The lowest BCUT2D eigenvalue weighted by Crippen LogP contribution is -2.53. The van der Waals surface area contributed by atoms with E-state index in [1.54, 1.807) is 27.8 Å². The van der Waals surface area contributed by atoms with E-state index in [1.807, 2.05) is 70.7 Å². The lowest BCUT2D eigenvalue weighted by atomic mass is 9.96. The van der Waals surface area contributed by atoms with Crippen LogP contribution in [0.25, 0.3) is 33.6 Å². The van der Waals surface area contributed by atoms with Crippen molar-refractivity contribution in [2.24, 2.45) is 11.8 Å². The van der Waals surface area contributed by atoms with Gasteiger partial charge in [-0.05, 0) is 101 Å². The first kappa shape index (κ1) is 46.8. The van der Waals surface area contributed by atoms with Crippen LogP contribution in [0.5, 0.6) is 0 Å². The van der Waals surface area contributed by atoms with Crippen LogP contribution >= 0.6 is 0 Å². The number of hydrogen-bond acceptors (Lipinski definition) is 8. The number of ether oxygens (including phenoxy) is 2. The molecule has 63 heavy (non-hydrogen) atoms. The molecule has 14 nitrogen and oxygen atoms in total. The van der Waals surface area contributed by atoms with E-state index < -0.39 is 35.5 Å². The Kier molecular flexibility index (Phi) is 14.4. The molecule has 6 atom stereocenters. The second-order valence-corrected chi connectivity index (χ2v) is 19.3. The van der Waals surface area contributed by atoms with Crippen molar-refractivity contribution in [1.29, 1.82) is 0 Å². The summed E-state index contributed by atoms with van der Waals surface area (Å²) < 4.78 is 11.1. The maximum atomic E-state index is 14.2. The zero-order valence-electron chi connectivity index (χ0n) is 39.1. The smallest absolute Gasteiger partial charge is 0.410 e. The van der Waals surface area contributed by atoms with E-state index in [4.69, 9.17) is 19.4 Å². The van der Waals surface area contributed by atoms with Gasteiger partial charge in [0.25, 0.3) is 0 Å². The molecule has 6 rings (SSSR count). The fourth-order valence-electron chi connectivity index (χ4n) is 8.55. The summed E-state index contributed by atoms with van der Waals surface area (Å²) in [5.41, 5.74) is 4.46. The summed E-state index contributed by atoms with van der Waals surface area (Å²) in [5.74, 6) is 1.12. The summed E-state index contributed by atoms with van der Waals surface area (Å²) in [7, 11) is 1.65. The molecule has 2 saturated heterocycles.